The summed E-state index contributed by atoms with van der Waals surface area (Å²) in [6.07, 6.45) is 2.13. The minimum atomic E-state index is -0.0985. The Morgan fingerprint density at radius 3 is 2.60 bits per heavy atom. The third-order valence-electron chi connectivity index (χ3n) is 7.00. The second-order valence-corrected chi connectivity index (χ2v) is 9.18. The van der Waals surface area contributed by atoms with Crippen molar-refractivity contribution in [3.63, 3.8) is 0 Å². The van der Waals surface area contributed by atoms with Crippen LogP contribution in [0.15, 0.2) is 47.3 Å². The highest BCUT2D eigenvalue weighted by molar-refractivity contribution is 5.84. The van der Waals surface area contributed by atoms with Crippen molar-refractivity contribution in [3.05, 3.63) is 63.9 Å². The largest absolute Gasteiger partial charge is 0.497 e. The molecule has 5 rings (SSSR count). The molecule has 0 amide bonds. The van der Waals surface area contributed by atoms with E-state index in [2.05, 4.69) is 22.3 Å². The summed E-state index contributed by atoms with van der Waals surface area (Å²) in [5.41, 5.74) is 2.73. The van der Waals surface area contributed by atoms with Crippen molar-refractivity contribution >= 4 is 10.9 Å². The number of rotatable bonds is 8. The van der Waals surface area contributed by atoms with Gasteiger partial charge in [-0.3, -0.25) is 4.79 Å². The van der Waals surface area contributed by atoms with E-state index in [1.165, 1.54) is 5.56 Å². The summed E-state index contributed by atoms with van der Waals surface area (Å²) in [4.78, 5) is 15.1. The highest BCUT2D eigenvalue weighted by Gasteiger charge is 2.20. The molecule has 0 spiro atoms. The van der Waals surface area contributed by atoms with Crippen LogP contribution in [0.25, 0.3) is 10.9 Å². The lowest BCUT2D eigenvalue weighted by molar-refractivity contribution is 0.171. The second kappa shape index (κ2) is 10.7. The molecule has 8 nitrogen and oxygen atoms in total. The number of hydrogen-bond acceptors (Lipinski definition) is 7. The van der Waals surface area contributed by atoms with Crippen LogP contribution in [0.1, 0.15) is 24.0 Å². The summed E-state index contributed by atoms with van der Waals surface area (Å²) in [7, 11) is 1.60. The van der Waals surface area contributed by atoms with Gasteiger partial charge in [0.1, 0.15) is 19.0 Å². The van der Waals surface area contributed by atoms with Crippen LogP contribution < -0.4 is 25.1 Å². The van der Waals surface area contributed by atoms with Gasteiger partial charge < -0.3 is 34.1 Å². The third-order valence-corrected chi connectivity index (χ3v) is 7.00. The molecule has 0 unspecified atom stereocenters. The zero-order valence-electron chi connectivity index (χ0n) is 20.2. The second-order valence-electron chi connectivity index (χ2n) is 9.18. The molecule has 1 aromatic heterocycles. The van der Waals surface area contributed by atoms with E-state index in [-0.39, 0.29) is 12.2 Å². The fourth-order valence-corrected chi connectivity index (χ4v) is 4.99. The maximum Gasteiger partial charge on any atom is 0.251 e. The molecule has 1 saturated heterocycles. The number of piperidine rings is 1. The molecule has 8 heteroatoms. The molecule has 186 valence electrons. The standard InChI is InChI=1S/C27H33N3O5/c1-33-22-15-20(18-31)23-3-5-27(32)30(24(23)16-22)11-10-29-8-6-21(7-9-29)28-17-19-2-4-25-26(14-19)35-13-12-34-25/h2-5,14-16,21,28,31H,6-13,17-18H2,1H3. The highest BCUT2D eigenvalue weighted by atomic mass is 16.6. The third kappa shape index (κ3) is 5.29. The summed E-state index contributed by atoms with van der Waals surface area (Å²) >= 11 is 0. The van der Waals surface area contributed by atoms with E-state index in [0.29, 0.717) is 31.5 Å². The summed E-state index contributed by atoms with van der Waals surface area (Å²) < 4.78 is 18.5. The van der Waals surface area contributed by atoms with Crippen molar-refractivity contribution in [1.82, 2.24) is 14.8 Å². The Labute approximate surface area is 205 Å². The number of benzene rings is 2. The average molecular weight is 480 g/mol. The quantitative estimate of drug-likeness (QED) is 0.514. The lowest BCUT2D eigenvalue weighted by atomic mass is 10.0. The van der Waals surface area contributed by atoms with E-state index in [9.17, 15) is 9.90 Å². The van der Waals surface area contributed by atoms with Crippen LogP contribution in [0.2, 0.25) is 0 Å². The fraction of sp³-hybridized carbons (Fsp3) is 0.444. The Bertz CT molecular complexity index is 1230. The van der Waals surface area contributed by atoms with Gasteiger partial charge in [-0.1, -0.05) is 6.07 Å². The smallest absolute Gasteiger partial charge is 0.251 e. The van der Waals surface area contributed by atoms with E-state index < -0.39 is 0 Å². The number of aliphatic hydroxyl groups is 1. The number of likely N-dealkylation sites (tertiary alicyclic amines) is 1. The number of fused-ring (bicyclic) bond motifs is 2. The molecule has 2 aromatic carbocycles. The number of aliphatic hydroxyl groups excluding tert-OH is 1. The first-order chi connectivity index (χ1) is 17.1. The first-order valence-corrected chi connectivity index (χ1v) is 12.3. The van der Waals surface area contributed by atoms with Crippen LogP contribution in [0.3, 0.4) is 0 Å². The maximum absolute atomic E-state index is 12.7. The van der Waals surface area contributed by atoms with E-state index in [4.69, 9.17) is 14.2 Å². The zero-order chi connectivity index (χ0) is 24.2. The van der Waals surface area contributed by atoms with Gasteiger partial charge in [0.15, 0.2) is 11.5 Å². The number of methoxy groups -OCH3 is 1. The number of pyridine rings is 1. The molecule has 0 radical (unpaired) electrons. The molecular formula is C27H33N3O5. The van der Waals surface area contributed by atoms with E-state index in [1.54, 1.807) is 23.8 Å². The molecule has 3 aromatic rings. The lowest BCUT2D eigenvalue weighted by Gasteiger charge is -2.32. The number of nitrogens with one attached hydrogen (secondary N) is 1. The first-order valence-electron chi connectivity index (χ1n) is 12.3. The van der Waals surface area contributed by atoms with Crippen molar-refractivity contribution in [2.24, 2.45) is 0 Å². The average Bonchev–Trinajstić information content (AvgIpc) is 2.91. The Hall–Kier alpha value is -3.07. The molecule has 0 bridgehead atoms. The minimum Gasteiger partial charge on any atom is -0.497 e. The minimum absolute atomic E-state index is 0.0365. The Kier molecular flexibility index (Phi) is 7.22. The topological polar surface area (TPSA) is 85.2 Å². The van der Waals surface area contributed by atoms with E-state index in [0.717, 1.165) is 67.0 Å². The monoisotopic (exact) mass is 479 g/mol. The van der Waals surface area contributed by atoms with Gasteiger partial charge in [-0.15, -0.1) is 0 Å². The number of nitrogens with zero attached hydrogens (tertiary/aromatic N) is 2. The van der Waals surface area contributed by atoms with E-state index >= 15 is 0 Å². The maximum atomic E-state index is 12.7. The molecular weight excluding hydrogens is 446 g/mol. The van der Waals surface area contributed by atoms with Crippen LogP contribution >= 0.6 is 0 Å². The summed E-state index contributed by atoms with van der Waals surface area (Å²) in [6, 6.07) is 13.7. The molecule has 0 atom stereocenters. The predicted molar refractivity (Wildman–Crippen MR) is 134 cm³/mol. The van der Waals surface area contributed by atoms with Crippen molar-refractivity contribution < 1.29 is 19.3 Å². The Morgan fingerprint density at radius 1 is 1.03 bits per heavy atom. The summed E-state index contributed by atoms with van der Waals surface area (Å²) in [5, 5.41) is 14.3. The number of aromatic nitrogens is 1. The van der Waals surface area contributed by atoms with Gasteiger partial charge in [-0.2, -0.15) is 0 Å². The van der Waals surface area contributed by atoms with Gasteiger partial charge in [0.2, 0.25) is 0 Å². The molecule has 2 N–H and O–H groups in total. The molecule has 2 aliphatic heterocycles. The normalized spacial score (nSPS) is 16.5. The van der Waals surface area contributed by atoms with Crippen molar-refractivity contribution in [2.75, 3.05) is 40.0 Å². The molecule has 35 heavy (non-hydrogen) atoms. The fourth-order valence-electron chi connectivity index (χ4n) is 4.99. The highest BCUT2D eigenvalue weighted by Crippen LogP contribution is 2.31. The predicted octanol–water partition coefficient (Wildman–Crippen LogP) is 2.53. The molecule has 0 saturated carbocycles. The first kappa shape index (κ1) is 23.7. The van der Waals surface area contributed by atoms with Gasteiger partial charge in [0.25, 0.3) is 5.56 Å². The molecule has 0 aliphatic carbocycles. The van der Waals surface area contributed by atoms with Gasteiger partial charge >= 0.3 is 0 Å². The number of ether oxygens (including phenoxy) is 3. The van der Waals surface area contributed by atoms with E-state index in [1.807, 2.05) is 18.2 Å². The lowest BCUT2D eigenvalue weighted by Crippen LogP contribution is -2.43. The van der Waals surface area contributed by atoms with Crippen LogP contribution in [0, 0.1) is 0 Å². The summed E-state index contributed by atoms with van der Waals surface area (Å²) in [5.74, 6) is 2.30. The molecule has 2 aliphatic rings. The van der Waals surface area contributed by atoms with Crippen molar-refractivity contribution in [1.29, 1.82) is 0 Å². The van der Waals surface area contributed by atoms with Crippen molar-refractivity contribution in [3.8, 4) is 17.2 Å². The molecule has 1 fully saturated rings. The Balaban J connectivity index is 1.16. The SMILES string of the molecule is COc1cc(CO)c2ccc(=O)n(CCN3CCC(NCc4ccc5c(c4)OCCO5)CC3)c2c1. The molecule has 3 heterocycles. The van der Waals surface area contributed by atoms with Gasteiger partial charge in [0.05, 0.1) is 19.2 Å². The zero-order valence-corrected chi connectivity index (χ0v) is 20.2. The van der Waals surface area contributed by atoms with Crippen LogP contribution in [-0.4, -0.2) is 60.6 Å². The van der Waals surface area contributed by atoms with Crippen LogP contribution in [0.4, 0.5) is 0 Å². The van der Waals surface area contributed by atoms with Gasteiger partial charge in [-0.05, 0) is 61.3 Å². The van der Waals surface area contributed by atoms with Gasteiger partial charge in [-0.25, -0.2) is 0 Å². The van der Waals surface area contributed by atoms with Gasteiger partial charge in [0, 0.05) is 43.2 Å². The Morgan fingerprint density at radius 2 is 1.83 bits per heavy atom. The van der Waals surface area contributed by atoms with Crippen LogP contribution in [0.5, 0.6) is 17.2 Å². The van der Waals surface area contributed by atoms with Crippen LogP contribution in [-0.2, 0) is 19.7 Å². The summed E-state index contributed by atoms with van der Waals surface area (Å²) in [6.45, 7) is 5.30. The number of hydrogen-bond donors (Lipinski definition) is 2. The van der Waals surface area contributed by atoms with Crippen molar-refractivity contribution in [2.45, 2.75) is 38.6 Å².